The van der Waals surface area contributed by atoms with Gasteiger partial charge in [-0.05, 0) is 34.0 Å². The summed E-state index contributed by atoms with van der Waals surface area (Å²) in [5.74, 6) is 0.710. The molecule has 0 saturated heterocycles. The van der Waals surface area contributed by atoms with E-state index in [9.17, 15) is 10.1 Å². The second-order valence-corrected chi connectivity index (χ2v) is 4.97. The van der Waals surface area contributed by atoms with Gasteiger partial charge in [0, 0.05) is 13.1 Å². The molecule has 1 aromatic heterocycles. The number of anilines is 1. The highest BCUT2D eigenvalue weighted by atomic mass is 79.9. The zero-order chi connectivity index (χ0) is 15.4. The maximum Gasteiger partial charge on any atom is 0.311 e. The summed E-state index contributed by atoms with van der Waals surface area (Å²) >= 11 is 3.26. The number of nitro benzene ring substituents is 1. The molecule has 0 amide bonds. The summed E-state index contributed by atoms with van der Waals surface area (Å²) in [5.41, 5.74) is 0.776. The zero-order valence-electron chi connectivity index (χ0n) is 11.5. The minimum Gasteiger partial charge on any atom is -0.430 e. The van der Waals surface area contributed by atoms with Crippen LogP contribution in [0.25, 0.3) is 0 Å². The standard InChI is InChI=1S/C13H13BrN4O3/c1-3-8-4-5-11(10(6-8)18(19)20)21-12-9(14)7-16-13(15-2)17-12/h4-7H,3H2,1-2H3,(H,15,16,17). The van der Waals surface area contributed by atoms with Gasteiger partial charge in [0.15, 0.2) is 0 Å². The van der Waals surface area contributed by atoms with E-state index in [2.05, 4.69) is 31.2 Å². The summed E-state index contributed by atoms with van der Waals surface area (Å²) in [4.78, 5) is 18.8. The predicted octanol–water partition coefficient (Wildman–Crippen LogP) is 3.54. The van der Waals surface area contributed by atoms with E-state index >= 15 is 0 Å². The Labute approximate surface area is 129 Å². The fraction of sp³-hybridized carbons (Fsp3) is 0.231. The first-order valence-electron chi connectivity index (χ1n) is 6.20. The summed E-state index contributed by atoms with van der Waals surface area (Å²) in [6.45, 7) is 1.93. The molecular formula is C13H13BrN4O3. The van der Waals surface area contributed by atoms with Crippen LogP contribution in [0.1, 0.15) is 12.5 Å². The monoisotopic (exact) mass is 352 g/mol. The minimum absolute atomic E-state index is 0.0918. The fourth-order valence-electron chi connectivity index (χ4n) is 1.66. The first-order valence-corrected chi connectivity index (χ1v) is 7.00. The number of nitrogens with zero attached hydrogens (tertiary/aromatic N) is 3. The quantitative estimate of drug-likeness (QED) is 0.653. The number of ether oxygens (including phenoxy) is 1. The highest BCUT2D eigenvalue weighted by molar-refractivity contribution is 9.10. The number of halogens is 1. The Morgan fingerprint density at radius 2 is 2.24 bits per heavy atom. The number of hydrogen-bond donors (Lipinski definition) is 1. The van der Waals surface area contributed by atoms with Crippen LogP contribution in [0.15, 0.2) is 28.9 Å². The third-order valence-corrected chi connectivity index (χ3v) is 3.31. The van der Waals surface area contributed by atoms with Crippen LogP contribution in [0.3, 0.4) is 0 Å². The number of rotatable bonds is 5. The van der Waals surface area contributed by atoms with Gasteiger partial charge in [-0.2, -0.15) is 4.98 Å². The van der Waals surface area contributed by atoms with Gasteiger partial charge in [-0.3, -0.25) is 10.1 Å². The fourth-order valence-corrected chi connectivity index (χ4v) is 1.93. The molecule has 0 spiro atoms. The zero-order valence-corrected chi connectivity index (χ0v) is 13.0. The van der Waals surface area contributed by atoms with Crippen molar-refractivity contribution in [3.05, 3.63) is 44.5 Å². The molecule has 0 aliphatic rings. The Balaban J connectivity index is 2.41. The first kappa shape index (κ1) is 15.2. The lowest BCUT2D eigenvalue weighted by Crippen LogP contribution is -2.00. The molecule has 7 nitrogen and oxygen atoms in total. The molecule has 2 rings (SSSR count). The molecule has 2 aromatic rings. The Morgan fingerprint density at radius 3 is 2.86 bits per heavy atom. The second kappa shape index (κ2) is 6.49. The van der Waals surface area contributed by atoms with Crippen molar-refractivity contribution >= 4 is 27.6 Å². The van der Waals surface area contributed by atoms with Crippen molar-refractivity contribution < 1.29 is 9.66 Å². The van der Waals surface area contributed by atoms with Gasteiger partial charge >= 0.3 is 5.69 Å². The van der Waals surface area contributed by atoms with Crippen molar-refractivity contribution in [2.75, 3.05) is 12.4 Å². The number of nitrogens with one attached hydrogen (secondary N) is 1. The lowest BCUT2D eigenvalue weighted by atomic mass is 10.1. The topological polar surface area (TPSA) is 90.2 Å². The van der Waals surface area contributed by atoms with Gasteiger partial charge < -0.3 is 10.1 Å². The van der Waals surface area contributed by atoms with Crippen LogP contribution >= 0.6 is 15.9 Å². The molecule has 110 valence electrons. The van der Waals surface area contributed by atoms with Gasteiger partial charge in [-0.25, -0.2) is 4.98 Å². The Bertz CT molecular complexity index is 678. The van der Waals surface area contributed by atoms with E-state index in [4.69, 9.17) is 4.74 Å². The molecule has 1 aromatic carbocycles. The summed E-state index contributed by atoms with van der Waals surface area (Å²) in [6, 6.07) is 4.87. The van der Waals surface area contributed by atoms with E-state index in [1.165, 1.54) is 12.3 Å². The summed E-state index contributed by atoms with van der Waals surface area (Å²) in [5, 5.41) is 13.9. The third kappa shape index (κ3) is 3.46. The Hall–Kier alpha value is -2.22. The van der Waals surface area contributed by atoms with Crippen LogP contribution < -0.4 is 10.1 Å². The highest BCUT2D eigenvalue weighted by Gasteiger charge is 2.18. The van der Waals surface area contributed by atoms with Crippen LogP contribution in [0.2, 0.25) is 0 Å². The van der Waals surface area contributed by atoms with Crippen LogP contribution in [0, 0.1) is 10.1 Å². The average Bonchev–Trinajstić information content (AvgIpc) is 2.49. The maximum atomic E-state index is 11.2. The molecule has 0 atom stereocenters. The lowest BCUT2D eigenvalue weighted by molar-refractivity contribution is -0.385. The third-order valence-electron chi connectivity index (χ3n) is 2.77. The number of hydrogen-bond acceptors (Lipinski definition) is 6. The van der Waals surface area contributed by atoms with Gasteiger partial charge in [-0.15, -0.1) is 0 Å². The summed E-state index contributed by atoms with van der Waals surface area (Å²) < 4.78 is 6.07. The number of benzene rings is 1. The lowest BCUT2D eigenvalue weighted by Gasteiger charge is -2.09. The molecule has 0 unspecified atom stereocenters. The Morgan fingerprint density at radius 1 is 1.48 bits per heavy atom. The minimum atomic E-state index is -0.470. The van der Waals surface area contributed by atoms with E-state index in [-0.39, 0.29) is 17.3 Å². The molecule has 21 heavy (non-hydrogen) atoms. The number of aryl methyl sites for hydroxylation is 1. The van der Waals surface area contributed by atoms with Crippen molar-refractivity contribution in [3.8, 4) is 11.6 Å². The molecular weight excluding hydrogens is 340 g/mol. The van der Waals surface area contributed by atoms with E-state index in [1.54, 1.807) is 19.2 Å². The number of aromatic nitrogens is 2. The Kier molecular flexibility index (Phi) is 4.69. The smallest absolute Gasteiger partial charge is 0.311 e. The maximum absolute atomic E-state index is 11.2. The van der Waals surface area contributed by atoms with Gasteiger partial charge in [0.2, 0.25) is 17.6 Å². The molecule has 0 aliphatic heterocycles. The highest BCUT2D eigenvalue weighted by Crippen LogP contribution is 2.34. The van der Waals surface area contributed by atoms with Crippen LogP contribution in [0.4, 0.5) is 11.6 Å². The predicted molar refractivity (Wildman–Crippen MR) is 81.8 cm³/mol. The summed E-state index contributed by atoms with van der Waals surface area (Å²) in [7, 11) is 1.67. The van der Waals surface area contributed by atoms with Crippen LogP contribution in [-0.2, 0) is 6.42 Å². The van der Waals surface area contributed by atoms with Crippen molar-refractivity contribution in [1.29, 1.82) is 0 Å². The van der Waals surface area contributed by atoms with Crippen molar-refractivity contribution in [2.24, 2.45) is 0 Å². The first-order chi connectivity index (χ1) is 10.0. The SMILES string of the molecule is CCc1ccc(Oc2nc(NC)ncc2Br)c([N+](=O)[O-])c1. The van der Waals surface area contributed by atoms with Gasteiger partial charge in [0.25, 0.3) is 0 Å². The largest absolute Gasteiger partial charge is 0.430 e. The number of nitro groups is 1. The molecule has 0 fully saturated rings. The van der Waals surface area contributed by atoms with Crippen molar-refractivity contribution in [3.63, 3.8) is 0 Å². The molecule has 8 heteroatoms. The van der Waals surface area contributed by atoms with Gasteiger partial charge in [0.05, 0.1) is 15.6 Å². The molecule has 0 aliphatic carbocycles. The normalized spacial score (nSPS) is 10.2. The molecule has 1 heterocycles. The molecule has 0 bridgehead atoms. The molecule has 0 radical (unpaired) electrons. The van der Waals surface area contributed by atoms with E-state index < -0.39 is 4.92 Å². The van der Waals surface area contributed by atoms with E-state index in [0.29, 0.717) is 16.8 Å². The van der Waals surface area contributed by atoms with Crippen molar-refractivity contribution in [2.45, 2.75) is 13.3 Å². The van der Waals surface area contributed by atoms with Crippen LogP contribution in [-0.4, -0.2) is 21.9 Å². The second-order valence-electron chi connectivity index (χ2n) is 4.11. The molecule has 0 saturated carbocycles. The van der Waals surface area contributed by atoms with Crippen LogP contribution in [0.5, 0.6) is 11.6 Å². The van der Waals surface area contributed by atoms with Gasteiger partial charge in [-0.1, -0.05) is 13.0 Å². The molecule has 1 N–H and O–H groups in total. The average molecular weight is 353 g/mol. The van der Waals surface area contributed by atoms with E-state index in [0.717, 1.165) is 5.56 Å². The van der Waals surface area contributed by atoms with Crippen molar-refractivity contribution in [1.82, 2.24) is 9.97 Å². The van der Waals surface area contributed by atoms with E-state index in [1.807, 2.05) is 6.92 Å². The van der Waals surface area contributed by atoms with Gasteiger partial charge in [0.1, 0.15) is 0 Å². The summed E-state index contributed by atoms with van der Waals surface area (Å²) in [6.07, 6.45) is 2.22.